The van der Waals surface area contributed by atoms with E-state index in [2.05, 4.69) is 59.7 Å². The fourth-order valence-electron chi connectivity index (χ4n) is 7.15. The molecule has 2 atom stereocenters. The molecule has 0 amide bonds. The van der Waals surface area contributed by atoms with E-state index in [0.29, 0.717) is 19.0 Å². The predicted octanol–water partition coefficient (Wildman–Crippen LogP) is 7.75. The van der Waals surface area contributed by atoms with Crippen molar-refractivity contribution in [2.45, 2.75) is 43.7 Å². The van der Waals surface area contributed by atoms with Crippen molar-refractivity contribution in [3.8, 4) is 11.3 Å². The summed E-state index contributed by atoms with van der Waals surface area (Å²) in [5, 5.41) is 11.3. The standard InChI is InChI=1S/C41H40N6O3/c1-48-33(28-50-41(30-13-5-2-6-14-30,31-15-7-3-8-16-31)32-17-9-4-10-18-32)26-46-27-35-39(45-46)34-21-20-29(25-36(34)44-40(35)42)37-22-23-43-47(37)38-19-11-12-24-49-38/h2-10,13-18,20-23,25,27,33,38H,11-12,19,24,26,28H2,1H3,(H2,42,44). The van der Waals surface area contributed by atoms with E-state index in [4.69, 9.17) is 30.0 Å². The molecule has 8 rings (SSSR count). The van der Waals surface area contributed by atoms with Gasteiger partial charge in [0.2, 0.25) is 0 Å². The normalized spacial score (nSPS) is 15.8. The minimum absolute atomic E-state index is 0.0587. The highest BCUT2D eigenvalue weighted by Gasteiger charge is 2.38. The molecule has 252 valence electrons. The molecule has 7 aromatic rings. The number of fused-ring (bicyclic) bond motifs is 3. The number of hydrogen-bond donors (Lipinski definition) is 1. The number of rotatable bonds is 11. The maximum absolute atomic E-state index is 7.06. The van der Waals surface area contributed by atoms with Crippen LogP contribution in [0.4, 0.5) is 5.82 Å². The van der Waals surface area contributed by atoms with E-state index in [0.717, 1.165) is 75.6 Å². The fourth-order valence-corrected chi connectivity index (χ4v) is 7.15. The molecule has 0 radical (unpaired) electrons. The van der Waals surface area contributed by atoms with E-state index in [1.807, 2.05) is 82.4 Å². The van der Waals surface area contributed by atoms with Gasteiger partial charge in [0.25, 0.3) is 0 Å². The van der Waals surface area contributed by atoms with Crippen LogP contribution in [0.1, 0.15) is 42.2 Å². The third kappa shape index (κ3) is 5.94. The molecule has 9 heteroatoms. The Morgan fingerprint density at radius 2 is 1.54 bits per heavy atom. The van der Waals surface area contributed by atoms with Gasteiger partial charge < -0.3 is 19.9 Å². The van der Waals surface area contributed by atoms with Crippen molar-refractivity contribution in [1.29, 1.82) is 0 Å². The number of anilines is 1. The van der Waals surface area contributed by atoms with Gasteiger partial charge in [0.1, 0.15) is 23.0 Å². The van der Waals surface area contributed by atoms with Gasteiger partial charge in [-0.15, -0.1) is 0 Å². The zero-order valence-electron chi connectivity index (χ0n) is 28.1. The molecule has 0 saturated carbocycles. The summed E-state index contributed by atoms with van der Waals surface area (Å²) >= 11 is 0. The highest BCUT2D eigenvalue weighted by molar-refractivity contribution is 6.08. The molecule has 4 heterocycles. The number of hydrogen-bond acceptors (Lipinski definition) is 7. The largest absolute Gasteiger partial charge is 0.383 e. The number of benzene rings is 4. The molecule has 50 heavy (non-hydrogen) atoms. The monoisotopic (exact) mass is 664 g/mol. The molecular formula is C41H40N6O3. The molecular weight excluding hydrogens is 624 g/mol. The van der Waals surface area contributed by atoms with Crippen LogP contribution in [-0.2, 0) is 26.4 Å². The second-order valence-corrected chi connectivity index (χ2v) is 12.8. The fraction of sp³-hybridized carbons (Fsp3) is 0.244. The molecule has 0 aliphatic carbocycles. The molecule has 9 nitrogen and oxygen atoms in total. The average Bonchev–Trinajstić information content (AvgIpc) is 3.85. The molecule has 1 aliphatic rings. The smallest absolute Gasteiger partial charge is 0.150 e. The van der Waals surface area contributed by atoms with Gasteiger partial charge in [-0.2, -0.15) is 10.2 Å². The topological polar surface area (TPSA) is 102 Å². The van der Waals surface area contributed by atoms with E-state index in [-0.39, 0.29) is 12.3 Å². The van der Waals surface area contributed by atoms with Crippen LogP contribution in [0, 0.1) is 0 Å². The van der Waals surface area contributed by atoms with Gasteiger partial charge in [0, 0.05) is 37.1 Å². The van der Waals surface area contributed by atoms with Crippen molar-refractivity contribution in [2.75, 3.05) is 26.1 Å². The molecule has 2 unspecified atom stereocenters. The minimum atomic E-state index is -0.851. The number of pyridine rings is 1. The highest BCUT2D eigenvalue weighted by atomic mass is 16.5. The predicted molar refractivity (Wildman–Crippen MR) is 195 cm³/mol. The van der Waals surface area contributed by atoms with Gasteiger partial charge in [-0.25, -0.2) is 9.67 Å². The molecule has 3 aromatic heterocycles. The summed E-state index contributed by atoms with van der Waals surface area (Å²) in [5.74, 6) is 0.432. The lowest BCUT2D eigenvalue weighted by molar-refractivity contribution is -0.0573. The summed E-state index contributed by atoms with van der Waals surface area (Å²) in [6.45, 7) is 1.52. The van der Waals surface area contributed by atoms with Gasteiger partial charge in [-0.1, -0.05) is 97.1 Å². The molecule has 1 saturated heterocycles. The van der Waals surface area contributed by atoms with Crippen LogP contribution in [0.5, 0.6) is 0 Å². The first-order chi connectivity index (χ1) is 24.6. The first-order valence-corrected chi connectivity index (χ1v) is 17.2. The maximum atomic E-state index is 7.06. The molecule has 1 fully saturated rings. The highest BCUT2D eigenvalue weighted by Crippen LogP contribution is 2.41. The van der Waals surface area contributed by atoms with Crippen LogP contribution in [-0.4, -0.2) is 51.0 Å². The average molecular weight is 665 g/mol. The number of nitrogen functional groups attached to an aromatic ring is 1. The third-order valence-electron chi connectivity index (χ3n) is 9.68. The second kappa shape index (κ2) is 13.9. The number of nitrogens with zero attached hydrogens (tertiary/aromatic N) is 5. The van der Waals surface area contributed by atoms with Gasteiger partial charge in [-0.05, 0) is 54.2 Å². The minimum Gasteiger partial charge on any atom is -0.383 e. The Balaban J connectivity index is 1.10. The zero-order chi connectivity index (χ0) is 33.9. The Kier molecular flexibility index (Phi) is 8.85. The Morgan fingerprint density at radius 3 is 2.16 bits per heavy atom. The summed E-state index contributed by atoms with van der Waals surface area (Å²) < 4.78 is 23.0. The van der Waals surface area contributed by atoms with Gasteiger partial charge in [0.05, 0.1) is 29.7 Å². The first-order valence-electron chi connectivity index (χ1n) is 17.2. The van der Waals surface area contributed by atoms with E-state index >= 15 is 0 Å². The second-order valence-electron chi connectivity index (χ2n) is 12.8. The van der Waals surface area contributed by atoms with Crippen molar-refractivity contribution >= 4 is 27.6 Å². The van der Waals surface area contributed by atoms with Crippen molar-refractivity contribution in [3.63, 3.8) is 0 Å². The van der Waals surface area contributed by atoms with Crippen molar-refractivity contribution in [3.05, 3.63) is 144 Å². The molecule has 4 aromatic carbocycles. The SMILES string of the molecule is COC(COC(c1ccccc1)(c1ccccc1)c1ccccc1)Cn1cc2c(N)nc3cc(-c4ccnn4C4CCCCO4)ccc3c2n1. The number of ether oxygens (including phenoxy) is 3. The van der Waals surface area contributed by atoms with Crippen LogP contribution in [0.2, 0.25) is 0 Å². The maximum Gasteiger partial charge on any atom is 0.150 e. The molecule has 0 spiro atoms. The van der Waals surface area contributed by atoms with Crippen LogP contribution in [0.3, 0.4) is 0 Å². The third-order valence-corrected chi connectivity index (χ3v) is 9.68. The Labute approximate surface area is 291 Å². The first kappa shape index (κ1) is 31.9. The van der Waals surface area contributed by atoms with Gasteiger partial charge >= 0.3 is 0 Å². The van der Waals surface area contributed by atoms with Crippen LogP contribution in [0.15, 0.2) is 128 Å². The number of aromatic nitrogens is 5. The van der Waals surface area contributed by atoms with Gasteiger partial charge in [-0.3, -0.25) is 4.68 Å². The Bertz CT molecular complexity index is 2100. The summed E-state index contributed by atoms with van der Waals surface area (Å²) in [7, 11) is 1.71. The van der Waals surface area contributed by atoms with E-state index in [1.54, 1.807) is 7.11 Å². The summed E-state index contributed by atoms with van der Waals surface area (Å²) in [4.78, 5) is 4.81. The Morgan fingerprint density at radius 1 is 0.860 bits per heavy atom. The van der Waals surface area contributed by atoms with E-state index in [9.17, 15) is 0 Å². The van der Waals surface area contributed by atoms with E-state index < -0.39 is 5.60 Å². The number of methoxy groups -OCH3 is 1. The molecule has 2 N–H and O–H groups in total. The quantitative estimate of drug-likeness (QED) is 0.141. The van der Waals surface area contributed by atoms with Crippen molar-refractivity contribution in [1.82, 2.24) is 24.5 Å². The number of nitrogens with two attached hydrogens (primary N) is 1. The van der Waals surface area contributed by atoms with Crippen LogP contribution in [0.25, 0.3) is 33.1 Å². The summed E-state index contributed by atoms with van der Waals surface area (Å²) in [6, 6.07) is 39.3. The van der Waals surface area contributed by atoms with Crippen LogP contribution >= 0.6 is 0 Å². The van der Waals surface area contributed by atoms with Gasteiger partial charge in [0.15, 0.2) is 6.23 Å². The van der Waals surface area contributed by atoms with E-state index in [1.165, 1.54) is 0 Å². The molecule has 1 aliphatic heterocycles. The summed E-state index contributed by atoms with van der Waals surface area (Å²) in [6.07, 6.45) is 6.57. The molecule has 0 bridgehead atoms. The van der Waals surface area contributed by atoms with Crippen molar-refractivity contribution < 1.29 is 14.2 Å². The van der Waals surface area contributed by atoms with Crippen molar-refractivity contribution in [2.24, 2.45) is 0 Å². The lowest BCUT2D eigenvalue weighted by Gasteiger charge is -2.37. The lowest BCUT2D eigenvalue weighted by Crippen LogP contribution is -2.37. The zero-order valence-corrected chi connectivity index (χ0v) is 28.1. The van der Waals surface area contributed by atoms with Crippen LogP contribution < -0.4 is 5.73 Å². The summed E-state index contributed by atoms with van der Waals surface area (Å²) in [5.41, 5.74) is 12.4. The Hall–Kier alpha value is -5.35. The lowest BCUT2D eigenvalue weighted by atomic mass is 9.80.